The molecule has 3 heteroatoms. The fourth-order valence-electron chi connectivity index (χ4n) is 2.37. The predicted molar refractivity (Wildman–Crippen MR) is 71.1 cm³/mol. The quantitative estimate of drug-likeness (QED) is 0.812. The van der Waals surface area contributed by atoms with Gasteiger partial charge in [0.2, 0.25) is 0 Å². The molecular formula is C15H22FNO. The summed E-state index contributed by atoms with van der Waals surface area (Å²) in [4.78, 5) is 0. The molecule has 0 amide bonds. The van der Waals surface area contributed by atoms with Crippen molar-refractivity contribution in [1.82, 2.24) is 5.32 Å². The molecule has 2 nitrogen and oxygen atoms in total. The van der Waals surface area contributed by atoms with Gasteiger partial charge >= 0.3 is 0 Å². The fourth-order valence-corrected chi connectivity index (χ4v) is 2.37. The standard InChI is InChI=1S/C15H22FNO/c1-12-5-6-14(16)10-13(12)11-18-9-7-15-4-2-3-8-17-15/h5-6,10,15,17H,2-4,7-9,11H2,1H3. The first kappa shape index (κ1) is 13.5. The lowest BCUT2D eigenvalue weighted by Gasteiger charge is -2.23. The maximum atomic E-state index is 13.1. The summed E-state index contributed by atoms with van der Waals surface area (Å²) in [7, 11) is 0. The molecule has 1 saturated heterocycles. The molecule has 0 spiro atoms. The maximum absolute atomic E-state index is 13.1. The van der Waals surface area contributed by atoms with Crippen LogP contribution in [0.2, 0.25) is 0 Å². The zero-order chi connectivity index (χ0) is 12.8. The van der Waals surface area contributed by atoms with E-state index in [0.29, 0.717) is 12.6 Å². The van der Waals surface area contributed by atoms with Crippen molar-refractivity contribution in [3.05, 3.63) is 35.1 Å². The Hall–Kier alpha value is -0.930. The Kier molecular flexibility index (Phi) is 5.14. The minimum Gasteiger partial charge on any atom is -0.377 e. The van der Waals surface area contributed by atoms with E-state index < -0.39 is 0 Å². The molecule has 0 aliphatic carbocycles. The number of benzene rings is 1. The minimum atomic E-state index is -0.187. The highest BCUT2D eigenvalue weighted by Crippen LogP contribution is 2.13. The smallest absolute Gasteiger partial charge is 0.123 e. The van der Waals surface area contributed by atoms with Crippen molar-refractivity contribution >= 4 is 0 Å². The van der Waals surface area contributed by atoms with Crippen molar-refractivity contribution in [2.45, 2.75) is 45.3 Å². The topological polar surface area (TPSA) is 21.3 Å². The number of aryl methyl sites for hydroxylation is 1. The third kappa shape index (κ3) is 4.07. The molecule has 1 aliphatic heterocycles. The average molecular weight is 251 g/mol. The molecule has 100 valence electrons. The largest absolute Gasteiger partial charge is 0.377 e. The predicted octanol–water partition coefficient (Wildman–Crippen LogP) is 3.18. The molecule has 0 radical (unpaired) electrons. The molecule has 1 aromatic rings. The second-order valence-corrected chi connectivity index (χ2v) is 5.06. The summed E-state index contributed by atoms with van der Waals surface area (Å²) in [6.07, 6.45) is 4.91. The van der Waals surface area contributed by atoms with Gasteiger partial charge in [-0.15, -0.1) is 0 Å². The Balaban J connectivity index is 1.69. The molecule has 1 heterocycles. The van der Waals surface area contributed by atoms with E-state index in [1.54, 1.807) is 12.1 Å². The van der Waals surface area contributed by atoms with Crippen molar-refractivity contribution in [3.8, 4) is 0 Å². The lowest BCUT2D eigenvalue weighted by Crippen LogP contribution is -2.34. The molecule has 0 bridgehead atoms. The average Bonchev–Trinajstić information content (AvgIpc) is 2.40. The molecular weight excluding hydrogens is 229 g/mol. The van der Waals surface area contributed by atoms with Crippen LogP contribution < -0.4 is 5.32 Å². The van der Waals surface area contributed by atoms with Gasteiger partial charge in [0.05, 0.1) is 6.61 Å². The summed E-state index contributed by atoms with van der Waals surface area (Å²) in [5, 5.41) is 3.50. The van der Waals surface area contributed by atoms with Crippen LogP contribution in [0.1, 0.15) is 36.8 Å². The SMILES string of the molecule is Cc1ccc(F)cc1COCCC1CCCCN1. The van der Waals surface area contributed by atoms with Crippen molar-refractivity contribution < 1.29 is 9.13 Å². The van der Waals surface area contributed by atoms with Crippen LogP contribution in [0.4, 0.5) is 4.39 Å². The van der Waals surface area contributed by atoms with E-state index in [-0.39, 0.29) is 5.82 Å². The lowest BCUT2D eigenvalue weighted by molar-refractivity contribution is 0.108. The number of nitrogens with one attached hydrogen (secondary N) is 1. The van der Waals surface area contributed by atoms with E-state index >= 15 is 0 Å². The van der Waals surface area contributed by atoms with Gasteiger partial charge in [-0.3, -0.25) is 0 Å². The van der Waals surface area contributed by atoms with Gasteiger partial charge in [-0.05, 0) is 56.0 Å². The summed E-state index contributed by atoms with van der Waals surface area (Å²) in [5.41, 5.74) is 2.04. The maximum Gasteiger partial charge on any atom is 0.123 e. The normalized spacial score (nSPS) is 20.0. The fraction of sp³-hybridized carbons (Fsp3) is 0.600. The van der Waals surface area contributed by atoms with Gasteiger partial charge in [-0.25, -0.2) is 4.39 Å². The highest BCUT2D eigenvalue weighted by atomic mass is 19.1. The lowest BCUT2D eigenvalue weighted by atomic mass is 10.0. The van der Waals surface area contributed by atoms with Crippen LogP contribution in [0.3, 0.4) is 0 Å². The number of ether oxygens (including phenoxy) is 1. The van der Waals surface area contributed by atoms with Crippen molar-refractivity contribution in [2.24, 2.45) is 0 Å². The van der Waals surface area contributed by atoms with Gasteiger partial charge in [0, 0.05) is 12.6 Å². The highest BCUT2D eigenvalue weighted by molar-refractivity contribution is 5.25. The van der Waals surface area contributed by atoms with Crippen LogP contribution in [-0.4, -0.2) is 19.2 Å². The number of hydrogen-bond donors (Lipinski definition) is 1. The third-order valence-corrected chi connectivity index (χ3v) is 3.59. The first-order valence-electron chi connectivity index (χ1n) is 6.82. The van der Waals surface area contributed by atoms with Crippen LogP contribution in [0.5, 0.6) is 0 Å². The molecule has 1 fully saturated rings. The molecule has 1 N–H and O–H groups in total. The number of piperidine rings is 1. The number of hydrogen-bond acceptors (Lipinski definition) is 2. The van der Waals surface area contributed by atoms with Crippen LogP contribution in [0, 0.1) is 12.7 Å². The molecule has 1 aliphatic rings. The molecule has 1 atom stereocenters. The summed E-state index contributed by atoms with van der Waals surface area (Å²) in [6.45, 7) is 4.37. The monoisotopic (exact) mass is 251 g/mol. The van der Waals surface area contributed by atoms with Crippen LogP contribution in [0.25, 0.3) is 0 Å². The Morgan fingerprint density at radius 2 is 2.28 bits per heavy atom. The third-order valence-electron chi connectivity index (χ3n) is 3.59. The molecule has 18 heavy (non-hydrogen) atoms. The highest BCUT2D eigenvalue weighted by Gasteiger charge is 2.11. The summed E-state index contributed by atoms with van der Waals surface area (Å²) >= 11 is 0. The number of rotatable bonds is 5. The molecule has 2 rings (SSSR count). The molecule has 0 aromatic heterocycles. The van der Waals surface area contributed by atoms with E-state index in [2.05, 4.69) is 5.32 Å². The summed E-state index contributed by atoms with van der Waals surface area (Å²) in [5.74, 6) is -0.187. The Morgan fingerprint density at radius 3 is 3.06 bits per heavy atom. The Labute approximate surface area is 109 Å². The van der Waals surface area contributed by atoms with Gasteiger partial charge in [0.15, 0.2) is 0 Å². The van der Waals surface area contributed by atoms with Crippen molar-refractivity contribution in [2.75, 3.05) is 13.2 Å². The van der Waals surface area contributed by atoms with E-state index in [4.69, 9.17) is 4.74 Å². The summed E-state index contributed by atoms with van der Waals surface area (Å²) in [6, 6.07) is 5.46. The zero-order valence-electron chi connectivity index (χ0n) is 11.0. The van der Waals surface area contributed by atoms with Gasteiger partial charge in [-0.2, -0.15) is 0 Å². The summed E-state index contributed by atoms with van der Waals surface area (Å²) < 4.78 is 18.7. The van der Waals surface area contributed by atoms with E-state index in [1.165, 1.54) is 25.3 Å². The van der Waals surface area contributed by atoms with Crippen LogP contribution >= 0.6 is 0 Å². The van der Waals surface area contributed by atoms with Crippen LogP contribution in [0.15, 0.2) is 18.2 Å². The van der Waals surface area contributed by atoms with E-state index in [0.717, 1.165) is 30.7 Å². The van der Waals surface area contributed by atoms with Gasteiger partial charge in [0.1, 0.15) is 5.82 Å². The first-order chi connectivity index (χ1) is 8.75. The van der Waals surface area contributed by atoms with E-state index in [9.17, 15) is 4.39 Å². The van der Waals surface area contributed by atoms with E-state index in [1.807, 2.05) is 6.92 Å². The Morgan fingerprint density at radius 1 is 1.39 bits per heavy atom. The number of halogens is 1. The second kappa shape index (κ2) is 6.86. The first-order valence-corrected chi connectivity index (χ1v) is 6.82. The molecule has 1 aromatic carbocycles. The van der Waals surface area contributed by atoms with Crippen LogP contribution in [-0.2, 0) is 11.3 Å². The molecule has 0 saturated carbocycles. The van der Waals surface area contributed by atoms with Gasteiger partial charge < -0.3 is 10.1 Å². The van der Waals surface area contributed by atoms with Gasteiger partial charge in [0.25, 0.3) is 0 Å². The van der Waals surface area contributed by atoms with Gasteiger partial charge in [-0.1, -0.05) is 12.5 Å². The van der Waals surface area contributed by atoms with Crippen molar-refractivity contribution in [1.29, 1.82) is 0 Å². The van der Waals surface area contributed by atoms with Crippen molar-refractivity contribution in [3.63, 3.8) is 0 Å². The minimum absolute atomic E-state index is 0.187. The Bertz CT molecular complexity index is 375. The second-order valence-electron chi connectivity index (χ2n) is 5.06. The molecule has 1 unspecified atom stereocenters. The zero-order valence-corrected chi connectivity index (χ0v) is 11.0.